The molecule has 1 unspecified atom stereocenters. The standard InChI is InChI=1S/C20H26FN3O3/c1-14-10-15(2-3-17(14)21)19-22-18(27-23-19)11-24-13-20(5-4-16(24)12-25)6-8-26-9-7-20/h2-3,10,16,25H,4-9,11-13H2,1H3. The fourth-order valence-corrected chi connectivity index (χ4v) is 4.29. The number of aliphatic hydroxyl groups excluding tert-OH is 1. The second-order valence-electron chi connectivity index (χ2n) is 7.87. The number of halogens is 1. The fourth-order valence-electron chi connectivity index (χ4n) is 4.29. The van der Waals surface area contributed by atoms with E-state index in [1.54, 1.807) is 19.1 Å². The van der Waals surface area contributed by atoms with Crippen LogP contribution in [0.25, 0.3) is 11.4 Å². The van der Waals surface area contributed by atoms with E-state index in [1.807, 2.05) is 0 Å². The minimum atomic E-state index is -0.247. The molecule has 1 aromatic carbocycles. The van der Waals surface area contributed by atoms with Gasteiger partial charge in [-0.2, -0.15) is 4.98 Å². The number of ether oxygens (including phenoxy) is 1. The molecule has 6 nitrogen and oxygen atoms in total. The maximum absolute atomic E-state index is 13.5. The number of aromatic nitrogens is 2. The minimum Gasteiger partial charge on any atom is -0.395 e. The van der Waals surface area contributed by atoms with Crippen LogP contribution >= 0.6 is 0 Å². The van der Waals surface area contributed by atoms with Gasteiger partial charge in [0.05, 0.1) is 13.2 Å². The minimum absolute atomic E-state index is 0.113. The molecule has 2 saturated heterocycles. The summed E-state index contributed by atoms with van der Waals surface area (Å²) in [6.45, 7) is 4.89. The van der Waals surface area contributed by atoms with E-state index >= 15 is 0 Å². The van der Waals surface area contributed by atoms with Gasteiger partial charge in [0.1, 0.15) is 5.82 Å². The van der Waals surface area contributed by atoms with E-state index in [1.165, 1.54) is 6.07 Å². The fraction of sp³-hybridized carbons (Fsp3) is 0.600. The molecular weight excluding hydrogens is 349 g/mol. The molecule has 1 N–H and O–H groups in total. The molecule has 0 bridgehead atoms. The van der Waals surface area contributed by atoms with Gasteiger partial charge in [-0.1, -0.05) is 5.16 Å². The molecule has 0 saturated carbocycles. The number of benzene rings is 1. The number of rotatable bonds is 4. The molecule has 2 aliphatic rings. The maximum atomic E-state index is 13.5. The van der Waals surface area contributed by atoms with Crippen LogP contribution in [-0.4, -0.2) is 52.6 Å². The van der Waals surface area contributed by atoms with Crippen molar-refractivity contribution in [1.29, 1.82) is 0 Å². The van der Waals surface area contributed by atoms with Crippen molar-refractivity contribution in [2.75, 3.05) is 26.4 Å². The second-order valence-corrected chi connectivity index (χ2v) is 7.87. The summed E-state index contributed by atoms with van der Waals surface area (Å²) in [6.07, 6.45) is 4.22. The Bertz CT molecular complexity index is 789. The van der Waals surface area contributed by atoms with Gasteiger partial charge < -0.3 is 14.4 Å². The topological polar surface area (TPSA) is 71.6 Å². The van der Waals surface area contributed by atoms with E-state index in [0.717, 1.165) is 51.0 Å². The van der Waals surface area contributed by atoms with Gasteiger partial charge >= 0.3 is 0 Å². The molecular formula is C20H26FN3O3. The summed E-state index contributed by atoms with van der Waals surface area (Å²) in [7, 11) is 0. The Morgan fingerprint density at radius 1 is 1.30 bits per heavy atom. The highest BCUT2D eigenvalue weighted by molar-refractivity contribution is 5.55. The molecule has 1 aromatic heterocycles. The third-order valence-electron chi connectivity index (χ3n) is 6.05. The first-order valence-electron chi connectivity index (χ1n) is 9.60. The molecule has 1 atom stereocenters. The highest BCUT2D eigenvalue weighted by Gasteiger charge is 2.40. The number of aliphatic hydroxyl groups is 1. The zero-order chi connectivity index (χ0) is 18.9. The number of likely N-dealkylation sites (tertiary alicyclic amines) is 1. The molecule has 3 heterocycles. The van der Waals surface area contributed by atoms with Crippen LogP contribution < -0.4 is 0 Å². The third kappa shape index (κ3) is 3.90. The Labute approximate surface area is 158 Å². The summed E-state index contributed by atoms with van der Waals surface area (Å²) >= 11 is 0. The average Bonchev–Trinajstić information content (AvgIpc) is 3.13. The van der Waals surface area contributed by atoms with Crippen LogP contribution in [0.4, 0.5) is 4.39 Å². The molecule has 2 aromatic rings. The molecule has 1 spiro atoms. The van der Waals surface area contributed by atoms with Crippen molar-refractivity contribution in [1.82, 2.24) is 15.0 Å². The number of aryl methyl sites for hydroxylation is 1. The van der Waals surface area contributed by atoms with Crippen molar-refractivity contribution in [3.63, 3.8) is 0 Å². The van der Waals surface area contributed by atoms with E-state index in [0.29, 0.717) is 23.8 Å². The van der Waals surface area contributed by atoms with Crippen LogP contribution in [0.1, 0.15) is 37.1 Å². The van der Waals surface area contributed by atoms with Gasteiger partial charge in [0.2, 0.25) is 11.7 Å². The van der Waals surface area contributed by atoms with Gasteiger partial charge in [-0.3, -0.25) is 4.90 Å². The first-order chi connectivity index (χ1) is 13.1. The highest BCUT2D eigenvalue weighted by Crippen LogP contribution is 2.41. The second kappa shape index (κ2) is 7.66. The molecule has 0 amide bonds. The van der Waals surface area contributed by atoms with Crippen molar-refractivity contribution >= 4 is 0 Å². The number of nitrogens with zero attached hydrogens (tertiary/aromatic N) is 3. The Morgan fingerprint density at radius 3 is 2.85 bits per heavy atom. The van der Waals surface area contributed by atoms with E-state index in [-0.39, 0.29) is 23.9 Å². The monoisotopic (exact) mass is 375 g/mol. The zero-order valence-electron chi connectivity index (χ0n) is 15.7. The third-order valence-corrected chi connectivity index (χ3v) is 6.05. The van der Waals surface area contributed by atoms with E-state index in [4.69, 9.17) is 9.26 Å². The van der Waals surface area contributed by atoms with Crippen molar-refractivity contribution in [2.24, 2.45) is 5.41 Å². The van der Waals surface area contributed by atoms with Crippen LogP contribution in [-0.2, 0) is 11.3 Å². The van der Waals surface area contributed by atoms with E-state index < -0.39 is 0 Å². The SMILES string of the molecule is Cc1cc(-c2noc(CN3CC4(CCOCC4)CCC3CO)n2)ccc1F. The molecule has 0 radical (unpaired) electrons. The zero-order valence-corrected chi connectivity index (χ0v) is 15.7. The Balaban J connectivity index is 1.50. The summed E-state index contributed by atoms with van der Waals surface area (Å²) in [5.74, 6) is 0.740. The first-order valence-corrected chi connectivity index (χ1v) is 9.60. The van der Waals surface area contributed by atoms with Gasteiger partial charge in [-0.25, -0.2) is 4.39 Å². The summed E-state index contributed by atoms with van der Waals surface area (Å²) in [6, 6.07) is 4.91. The number of hydrogen-bond donors (Lipinski definition) is 1. The Hall–Kier alpha value is -1.83. The molecule has 7 heteroatoms. The first kappa shape index (κ1) is 18.5. The smallest absolute Gasteiger partial charge is 0.241 e. The summed E-state index contributed by atoms with van der Waals surface area (Å²) in [5, 5.41) is 13.9. The van der Waals surface area contributed by atoms with Crippen molar-refractivity contribution in [2.45, 2.75) is 45.2 Å². The van der Waals surface area contributed by atoms with Crippen molar-refractivity contribution < 1.29 is 18.8 Å². The lowest BCUT2D eigenvalue weighted by Crippen LogP contribution is -2.51. The van der Waals surface area contributed by atoms with Gasteiger partial charge in [-0.15, -0.1) is 0 Å². The van der Waals surface area contributed by atoms with Gasteiger partial charge in [-0.05, 0) is 61.8 Å². The average molecular weight is 375 g/mol. The summed E-state index contributed by atoms with van der Waals surface area (Å²) in [5.41, 5.74) is 1.56. The highest BCUT2D eigenvalue weighted by atomic mass is 19.1. The Morgan fingerprint density at radius 2 is 2.11 bits per heavy atom. The van der Waals surface area contributed by atoms with Gasteiger partial charge in [0, 0.05) is 31.4 Å². The van der Waals surface area contributed by atoms with Crippen molar-refractivity contribution in [3.05, 3.63) is 35.5 Å². The summed E-state index contributed by atoms with van der Waals surface area (Å²) < 4.78 is 24.5. The predicted molar refractivity (Wildman–Crippen MR) is 97.4 cm³/mol. The van der Waals surface area contributed by atoms with Crippen molar-refractivity contribution in [3.8, 4) is 11.4 Å². The molecule has 146 valence electrons. The normalized spacial score (nSPS) is 23.0. The molecule has 0 aliphatic carbocycles. The molecule has 2 aliphatic heterocycles. The van der Waals surface area contributed by atoms with E-state index in [2.05, 4.69) is 15.0 Å². The number of hydrogen-bond acceptors (Lipinski definition) is 6. The largest absolute Gasteiger partial charge is 0.395 e. The predicted octanol–water partition coefficient (Wildman–Crippen LogP) is 2.94. The van der Waals surface area contributed by atoms with Gasteiger partial charge in [0.15, 0.2) is 0 Å². The molecule has 2 fully saturated rings. The van der Waals surface area contributed by atoms with E-state index in [9.17, 15) is 9.50 Å². The Kier molecular flexibility index (Phi) is 5.25. The van der Waals surface area contributed by atoms with Crippen LogP contribution in [0.3, 0.4) is 0 Å². The molecule has 4 rings (SSSR count). The van der Waals surface area contributed by atoms with Crippen LogP contribution in [0.15, 0.2) is 22.7 Å². The summed E-state index contributed by atoms with van der Waals surface area (Å²) in [4.78, 5) is 6.77. The lowest BCUT2D eigenvalue weighted by molar-refractivity contribution is -0.0573. The number of piperidine rings is 1. The van der Waals surface area contributed by atoms with Crippen LogP contribution in [0.5, 0.6) is 0 Å². The molecule has 27 heavy (non-hydrogen) atoms. The maximum Gasteiger partial charge on any atom is 0.241 e. The lowest BCUT2D eigenvalue weighted by atomic mass is 9.72. The quantitative estimate of drug-likeness (QED) is 0.886. The van der Waals surface area contributed by atoms with Crippen LogP contribution in [0.2, 0.25) is 0 Å². The van der Waals surface area contributed by atoms with Gasteiger partial charge in [0.25, 0.3) is 0 Å². The lowest BCUT2D eigenvalue weighted by Gasteiger charge is -2.48. The van der Waals surface area contributed by atoms with Crippen LogP contribution in [0, 0.1) is 18.2 Å².